The van der Waals surface area contributed by atoms with Gasteiger partial charge >= 0.3 is 7.74 Å². The molecule has 0 saturated heterocycles. The van der Waals surface area contributed by atoms with Crippen LogP contribution in [0.2, 0.25) is 0 Å². The normalized spacial score (nSPS) is 10.8. The van der Waals surface area contributed by atoms with E-state index in [0.29, 0.717) is 24.5 Å². The Balaban J connectivity index is 2.39. The van der Waals surface area contributed by atoms with Crippen LogP contribution >= 0.6 is 7.74 Å². The van der Waals surface area contributed by atoms with Crippen LogP contribution in [-0.4, -0.2) is 13.2 Å². The van der Waals surface area contributed by atoms with Crippen molar-refractivity contribution < 1.29 is 13.6 Å². The Morgan fingerprint density at radius 3 is 2.09 bits per heavy atom. The molecule has 2 aromatic rings. The van der Waals surface area contributed by atoms with E-state index >= 15 is 0 Å². The average molecular weight is 330 g/mol. The monoisotopic (exact) mass is 330 g/mol. The van der Waals surface area contributed by atoms with Crippen LogP contribution in [0.4, 0.5) is 5.69 Å². The summed E-state index contributed by atoms with van der Waals surface area (Å²) in [6, 6.07) is 18.3. The SMILES string of the molecule is CCOP(=Nc1ccccc1)(OCC)Oc1ccc(C#N)cc1. The molecule has 2 rings (SSSR count). The van der Waals surface area contributed by atoms with Gasteiger partial charge in [-0.05, 0) is 50.2 Å². The first-order chi connectivity index (χ1) is 11.2. The molecule has 0 aliphatic heterocycles. The number of rotatable bonds is 7. The van der Waals surface area contributed by atoms with Crippen LogP contribution < -0.4 is 4.52 Å². The van der Waals surface area contributed by atoms with Gasteiger partial charge in [0, 0.05) is 0 Å². The van der Waals surface area contributed by atoms with Gasteiger partial charge in [-0.25, -0.2) is 0 Å². The molecule has 0 unspecified atom stereocenters. The summed E-state index contributed by atoms with van der Waals surface area (Å²) in [4.78, 5) is 0. The van der Waals surface area contributed by atoms with Crippen LogP contribution in [0.3, 0.4) is 0 Å². The minimum Gasteiger partial charge on any atom is -0.418 e. The van der Waals surface area contributed by atoms with E-state index in [9.17, 15) is 0 Å². The molecule has 0 aromatic heterocycles. The third-order valence-electron chi connectivity index (χ3n) is 2.78. The van der Waals surface area contributed by atoms with Crippen LogP contribution in [0.1, 0.15) is 19.4 Å². The lowest BCUT2D eigenvalue weighted by Gasteiger charge is -2.23. The molecule has 0 amide bonds. The Bertz CT molecular complexity index is 699. The quantitative estimate of drug-likeness (QED) is 0.647. The van der Waals surface area contributed by atoms with Gasteiger partial charge < -0.3 is 4.52 Å². The molecule has 0 atom stereocenters. The van der Waals surface area contributed by atoms with Crippen molar-refractivity contribution >= 4 is 13.4 Å². The topological polar surface area (TPSA) is 63.8 Å². The zero-order valence-corrected chi connectivity index (χ0v) is 14.1. The van der Waals surface area contributed by atoms with Crippen molar-refractivity contribution in [3.8, 4) is 11.8 Å². The van der Waals surface area contributed by atoms with Gasteiger partial charge in [-0.1, -0.05) is 18.2 Å². The smallest absolute Gasteiger partial charge is 0.415 e. The fourth-order valence-electron chi connectivity index (χ4n) is 1.85. The number of benzene rings is 2. The van der Waals surface area contributed by atoms with E-state index in [1.807, 2.05) is 44.2 Å². The molecular formula is C17H19N2O3P. The summed E-state index contributed by atoms with van der Waals surface area (Å²) in [5.41, 5.74) is 1.30. The summed E-state index contributed by atoms with van der Waals surface area (Å²) in [5, 5.41) is 8.87. The number of hydrogen-bond donors (Lipinski definition) is 0. The van der Waals surface area contributed by atoms with Gasteiger partial charge in [-0.15, -0.1) is 0 Å². The lowest BCUT2D eigenvalue weighted by atomic mass is 10.2. The molecule has 0 bridgehead atoms. The highest BCUT2D eigenvalue weighted by atomic mass is 31.2. The van der Waals surface area contributed by atoms with E-state index < -0.39 is 7.74 Å². The molecule has 120 valence electrons. The molecule has 0 N–H and O–H groups in total. The van der Waals surface area contributed by atoms with Gasteiger partial charge in [0.25, 0.3) is 0 Å². The van der Waals surface area contributed by atoms with Crippen molar-refractivity contribution in [1.82, 2.24) is 0 Å². The first-order valence-corrected chi connectivity index (χ1v) is 8.87. The van der Waals surface area contributed by atoms with Crippen molar-refractivity contribution in [1.29, 1.82) is 5.26 Å². The molecule has 0 radical (unpaired) electrons. The number of nitrogens with zero attached hydrogens (tertiary/aromatic N) is 2. The van der Waals surface area contributed by atoms with Gasteiger partial charge in [-0.3, -0.25) is 9.05 Å². The Labute approximate surface area is 136 Å². The molecule has 0 spiro atoms. The largest absolute Gasteiger partial charge is 0.418 e. The predicted molar refractivity (Wildman–Crippen MR) is 90.5 cm³/mol. The maximum atomic E-state index is 8.87. The van der Waals surface area contributed by atoms with Crippen LogP contribution in [0.25, 0.3) is 0 Å². The first kappa shape index (κ1) is 17.2. The summed E-state index contributed by atoms with van der Waals surface area (Å²) < 4.78 is 22.1. The van der Waals surface area contributed by atoms with Crippen LogP contribution in [-0.2, 0) is 9.05 Å². The van der Waals surface area contributed by atoms with E-state index in [-0.39, 0.29) is 0 Å². The van der Waals surface area contributed by atoms with Gasteiger partial charge in [-0.2, -0.15) is 10.0 Å². The second-order valence-corrected chi connectivity index (χ2v) is 6.30. The van der Waals surface area contributed by atoms with Gasteiger partial charge in [0.15, 0.2) is 0 Å². The summed E-state index contributed by atoms with van der Waals surface area (Å²) in [6.45, 7) is 4.58. The Kier molecular flexibility index (Phi) is 6.37. The third-order valence-corrected chi connectivity index (χ3v) is 4.87. The molecule has 0 heterocycles. The van der Waals surface area contributed by atoms with Gasteiger partial charge in [0.2, 0.25) is 0 Å². The van der Waals surface area contributed by atoms with E-state index in [1.165, 1.54) is 0 Å². The second-order valence-electron chi connectivity index (χ2n) is 4.47. The van der Waals surface area contributed by atoms with Gasteiger partial charge in [0.1, 0.15) is 5.75 Å². The van der Waals surface area contributed by atoms with Crippen molar-refractivity contribution in [3.05, 3.63) is 60.2 Å². The van der Waals surface area contributed by atoms with Crippen molar-refractivity contribution in [2.45, 2.75) is 13.8 Å². The summed E-state index contributed by atoms with van der Waals surface area (Å²) in [6.07, 6.45) is 0. The lowest BCUT2D eigenvalue weighted by molar-refractivity contribution is 0.208. The maximum Gasteiger partial charge on any atom is 0.415 e. The first-order valence-electron chi connectivity index (χ1n) is 7.37. The molecule has 6 heteroatoms. The van der Waals surface area contributed by atoms with E-state index in [2.05, 4.69) is 10.8 Å². The Morgan fingerprint density at radius 1 is 0.957 bits per heavy atom. The maximum absolute atomic E-state index is 8.87. The molecule has 0 saturated carbocycles. The summed E-state index contributed by atoms with van der Waals surface area (Å²) in [5.74, 6) is 0.555. The molecule has 0 aliphatic carbocycles. The highest BCUT2D eigenvalue weighted by molar-refractivity contribution is 7.51. The minimum atomic E-state index is -2.92. The van der Waals surface area contributed by atoms with Crippen molar-refractivity contribution in [3.63, 3.8) is 0 Å². The minimum absolute atomic E-state index is 0.417. The highest BCUT2D eigenvalue weighted by Gasteiger charge is 2.25. The second kappa shape index (κ2) is 8.50. The number of nitriles is 1. The molecule has 0 aliphatic rings. The molecule has 0 fully saturated rings. The fourth-order valence-corrected chi connectivity index (χ4v) is 3.65. The van der Waals surface area contributed by atoms with Crippen LogP contribution in [0.5, 0.6) is 5.75 Å². The lowest BCUT2D eigenvalue weighted by Crippen LogP contribution is -2.03. The van der Waals surface area contributed by atoms with Crippen LogP contribution in [0.15, 0.2) is 59.3 Å². The fraction of sp³-hybridized carbons (Fsp3) is 0.235. The third kappa shape index (κ3) is 4.94. The van der Waals surface area contributed by atoms with E-state index in [1.54, 1.807) is 24.3 Å². The van der Waals surface area contributed by atoms with E-state index in [4.69, 9.17) is 18.8 Å². The standard InChI is InChI=1S/C17H19N2O3P/c1-3-20-23(21-4-2,19-16-8-6-5-7-9-16)22-17-12-10-15(14-18)11-13-17/h5-13H,3-4H2,1-2H3. The molecular weight excluding hydrogens is 311 g/mol. The average Bonchev–Trinajstić information content (AvgIpc) is 2.57. The summed E-state index contributed by atoms with van der Waals surface area (Å²) >= 11 is 0. The Morgan fingerprint density at radius 2 is 1.57 bits per heavy atom. The molecule has 5 nitrogen and oxygen atoms in total. The van der Waals surface area contributed by atoms with Crippen molar-refractivity contribution in [2.24, 2.45) is 4.74 Å². The summed E-state index contributed by atoms with van der Waals surface area (Å²) in [7, 11) is -2.92. The number of hydrogen-bond acceptors (Lipinski definition) is 5. The highest BCUT2D eigenvalue weighted by Crippen LogP contribution is 2.55. The van der Waals surface area contributed by atoms with Gasteiger partial charge in [0.05, 0.1) is 30.5 Å². The molecule has 2 aromatic carbocycles. The zero-order valence-electron chi connectivity index (χ0n) is 13.2. The zero-order chi connectivity index (χ0) is 16.5. The predicted octanol–water partition coefficient (Wildman–Crippen LogP) is 5.29. The Hall–Kier alpha value is -2.12. The van der Waals surface area contributed by atoms with Crippen LogP contribution in [0, 0.1) is 11.3 Å². The van der Waals surface area contributed by atoms with E-state index in [0.717, 1.165) is 5.69 Å². The van der Waals surface area contributed by atoms with Crippen molar-refractivity contribution in [2.75, 3.05) is 13.2 Å². The molecule has 23 heavy (non-hydrogen) atoms.